The molecule has 1 amide bonds. The molecule has 11 heteroatoms. The van der Waals surface area contributed by atoms with Crippen molar-refractivity contribution in [3.05, 3.63) is 53.5 Å². The third kappa shape index (κ3) is 4.78. The highest BCUT2D eigenvalue weighted by Crippen LogP contribution is 2.30. The lowest BCUT2D eigenvalue weighted by Crippen LogP contribution is -2.27. The Bertz CT molecular complexity index is 1040. The fourth-order valence-corrected chi connectivity index (χ4v) is 3.40. The number of halogens is 4. The van der Waals surface area contributed by atoms with E-state index in [0.717, 1.165) is 24.0 Å². The average molecular weight is 428 g/mol. The number of thioether (sulfide) groups is 1. The van der Waals surface area contributed by atoms with Crippen LogP contribution in [-0.2, 0) is 17.5 Å². The number of carbonyl (C=O) groups excluding carboxylic acids is 1. The number of fused-ring (bicyclic) bond motifs is 1. The summed E-state index contributed by atoms with van der Waals surface area (Å²) < 4.78 is 58.5. The molecule has 0 spiro atoms. The number of benzene rings is 1. The number of hydrogen-bond acceptors (Lipinski definition) is 5. The second-order valence-electron chi connectivity index (χ2n) is 6.13. The van der Waals surface area contributed by atoms with Gasteiger partial charge in [0.05, 0.1) is 18.4 Å². The van der Waals surface area contributed by atoms with Crippen LogP contribution in [0, 0.1) is 5.82 Å². The SMILES string of the molecule is COc1ccc(CN(C)C(=O)CSc2nnc3ccc(C(F)(F)F)cn23)cc1F. The van der Waals surface area contributed by atoms with Gasteiger partial charge in [-0.3, -0.25) is 9.20 Å². The standard InChI is InChI=1S/C18H16F4N4O2S/c1-25(8-11-3-5-14(28-2)13(19)7-11)16(27)10-29-17-24-23-15-6-4-12(9-26(15)17)18(20,21)22/h3-7,9H,8,10H2,1-2H3. The number of carbonyl (C=O) groups is 1. The summed E-state index contributed by atoms with van der Waals surface area (Å²) >= 11 is 0.969. The van der Waals surface area contributed by atoms with E-state index in [1.807, 2.05) is 0 Å². The lowest BCUT2D eigenvalue weighted by atomic mass is 10.2. The summed E-state index contributed by atoms with van der Waals surface area (Å²) in [5, 5.41) is 7.81. The monoisotopic (exact) mass is 428 g/mol. The Kier molecular flexibility index (Phi) is 5.96. The molecule has 29 heavy (non-hydrogen) atoms. The Morgan fingerprint density at radius 2 is 2.00 bits per heavy atom. The Labute approximate surface area is 167 Å². The van der Waals surface area contributed by atoms with Gasteiger partial charge in [-0.2, -0.15) is 13.2 Å². The molecule has 0 aliphatic heterocycles. The molecule has 0 N–H and O–H groups in total. The van der Waals surface area contributed by atoms with Crippen molar-refractivity contribution in [2.45, 2.75) is 17.9 Å². The molecule has 3 rings (SSSR count). The third-order valence-corrected chi connectivity index (χ3v) is 5.01. The number of ether oxygens (including phenoxy) is 1. The smallest absolute Gasteiger partial charge is 0.417 e. The van der Waals surface area contributed by atoms with Crippen LogP contribution in [0.3, 0.4) is 0 Å². The number of rotatable bonds is 6. The number of aromatic nitrogens is 3. The number of alkyl halides is 3. The minimum Gasteiger partial charge on any atom is -0.494 e. The summed E-state index contributed by atoms with van der Waals surface area (Å²) in [6, 6.07) is 6.53. The molecule has 3 aromatic rings. The van der Waals surface area contributed by atoms with Gasteiger partial charge in [0.2, 0.25) is 5.91 Å². The first kappa shape index (κ1) is 20.9. The Hall–Kier alpha value is -2.82. The molecule has 6 nitrogen and oxygen atoms in total. The first-order valence-corrected chi connectivity index (χ1v) is 9.28. The molecule has 0 aliphatic carbocycles. The van der Waals surface area contributed by atoms with Crippen LogP contribution >= 0.6 is 11.8 Å². The summed E-state index contributed by atoms with van der Waals surface area (Å²) in [6.07, 6.45) is -3.60. The Balaban J connectivity index is 1.66. The molecule has 1 aromatic carbocycles. The van der Waals surface area contributed by atoms with Crippen LogP contribution in [0.4, 0.5) is 17.6 Å². The number of pyridine rings is 1. The minimum atomic E-state index is -4.50. The first-order chi connectivity index (χ1) is 13.7. The second kappa shape index (κ2) is 8.27. The zero-order chi connectivity index (χ0) is 21.2. The Morgan fingerprint density at radius 1 is 1.24 bits per heavy atom. The van der Waals surface area contributed by atoms with E-state index >= 15 is 0 Å². The van der Waals surface area contributed by atoms with Gasteiger partial charge in [0.1, 0.15) is 0 Å². The van der Waals surface area contributed by atoms with Gasteiger partial charge in [0, 0.05) is 19.8 Å². The number of hydrogen-bond donors (Lipinski definition) is 0. The molecule has 2 aromatic heterocycles. The topological polar surface area (TPSA) is 59.7 Å². The van der Waals surface area contributed by atoms with E-state index in [1.165, 1.54) is 34.6 Å². The summed E-state index contributed by atoms with van der Waals surface area (Å²) in [5.74, 6) is -0.785. The highest BCUT2D eigenvalue weighted by atomic mass is 32.2. The first-order valence-electron chi connectivity index (χ1n) is 8.30. The van der Waals surface area contributed by atoms with Crippen LogP contribution in [-0.4, -0.2) is 45.3 Å². The van der Waals surface area contributed by atoms with Gasteiger partial charge in [0.15, 0.2) is 22.4 Å². The second-order valence-corrected chi connectivity index (χ2v) is 7.08. The van der Waals surface area contributed by atoms with E-state index in [4.69, 9.17) is 4.74 Å². The minimum absolute atomic E-state index is 0.0633. The van der Waals surface area contributed by atoms with E-state index in [-0.39, 0.29) is 34.8 Å². The van der Waals surface area contributed by atoms with E-state index in [0.29, 0.717) is 5.56 Å². The predicted octanol–water partition coefficient (Wildman–Crippen LogP) is 3.65. The molecule has 154 valence electrons. The molecular formula is C18H16F4N4O2S. The van der Waals surface area contributed by atoms with Gasteiger partial charge in [-0.1, -0.05) is 17.8 Å². The van der Waals surface area contributed by atoms with E-state index in [1.54, 1.807) is 13.1 Å². The largest absolute Gasteiger partial charge is 0.494 e. The van der Waals surface area contributed by atoms with Crippen molar-refractivity contribution in [2.24, 2.45) is 0 Å². The summed E-state index contributed by atoms with van der Waals surface area (Å²) in [4.78, 5) is 13.7. The molecule has 0 saturated carbocycles. The van der Waals surface area contributed by atoms with Gasteiger partial charge >= 0.3 is 6.18 Å². The van der Waals surface area contributed by atoms with E-state index < -0.39 is 17.6 Å². The molecule has 0 atom stereocenters. The lowest BCUT2D eigenvalue weighted by Gasteiger charge is -2.17. The molecular weight excluding hydrogens is 412 g/mol. The summed E-state index contributed by atoms with van der Waals surface area (Å²) in [5.41, 5.74) is -0.0152. The van der Waals surface area contributed by atoms with Gasteiger partial charge in [-0.25, -0.2) is 4.39 Å². The van der Waals surface area contributed by atoms with E-state index in [9.17, 15) is 22.4 Å². The molecule has 0 fully saturated rings. The van der Waals surface area contributed by atoms with Gasteiger partial charge < -0.3 is 9.64 Å². The number of nitrogens with zero attached hydrogens (tertiary/aromatic N) is 4. The molecule has 0 unspecified atom stereocenters. The number of amides is 1. The third-order valence-electron chi connectivity index (χ3n) is 4.08. The van der Waals surface area contributed by atoms with Gasteiger partial charge in [0.25, 0.3) is 0 Å². The van der Waals surface area contributed by atoms with Crippen molar-refractivity contribution in [1.29, 1.82) is 0 Å². The zero-order valence-electron chi connectivity index (χ0n) is 15.4. The fourth-order valence-electron chi connectivity index (χ4n) is 2.54. The lowest BCUT2D eigenvalue weighted by molar-refractivity contribution is -0.138. The predicted molar refractivity (Wildman–Crippen MR) is 98.1 cm³/mol. The Morgan fingerprint density at radius 3 is 2.66 bits per heavy atom. The molecule has 2 heterocycles. The van der Waals surface area contributed by atoms with Crippen molar-refractivity contribution in [1.82, 2.24) is 19.5 Å². The molecule has 0 bridgehead atoms. The van der Waals surface area contributed by atoms with Crippen molar-refractivity contribution in [3.63, 3.8) is 0 Å². The van der Waals surface area contributed by atoms with Crippen LogP contribution < -0.4 is 4.74 Å². The maximum atomic E-state index is 13.8. The fraction of sp³-hybridized carbons (Fsp3) is 0.278. The number of methoxy groups -OCH3 is 1. The van der Waals surface area contributed by atoms with Crippen LogP contribution in [0.1, 0.15) is 11.1 Å². The normalized spacial score (nSPS) is 11.7. The summed E-state index contributed by atoms with van der Waals surface area (Å²) in [7, 11) is 2.91. The summed E-state index contributed by atoms with van der Waals surface area (Å²) in [6.45, 7) is 0.166. The maximum Gasteiger partial charge on any atom is 0.417 e. The quantitative estimate of drug-likeness (QED) is 0.443. The maximum absolute atomic E-state index is 13.8. The average Bonchev–Trinajstić information content (AvgIpc) is 3.08. The highest BCUT2D eigenvalue weighted by Gasteiger charge is 2.31. The molecule has 0 radical (unpaired) electrons. The van der Waals surface area contributed by atoms with Crippen molar-refractivity contribution >= 4 is 23.3 Å². The van der Waals surface area contributed by atoms with Crippen molar-refractivity contribution < 1.29 is 27.1 Å². The van der Waals surface area contributed by atoms with Crippen molar-refractivity contribution in [2.75, 3.05) is 19.9 Å². The van der Waals surface area contributed by atoms with Gasteiger partial charge in [-0.05, 0) is 29.8 Å². The van der Waals surface area contributed by atoms with Gasteiger partial charge in [-0.15, -0.1) is 10.2 Å². The molecule has 0 aliphatic rings. The van der Waals surface area contributed by atoms with Crippen LogP contribution in [0.25, 0.3) is 5.65 Å². The van der Waals surface area contributed by atoms with Crippen LogP contribution in [0.15, 0.2) is 41.7 Å². The zero-order valence-corrected chi connectivity index (χ0v) is 16.2. The van der Waals surface area contributed by atoms with Crippen LogP contribution in [0.2, 0.25) is 0 Å². The molecule has 0 saturated heterocycles. The highest BCUT2D eigenvalue weighted by molar-refractivity contribution is 7.99. The van der Waals surface area contributed by atoms with E-state index in [2.05, 4.69) is 10.2 Å². The van der Waals surface area contributed by atoms with Crippen LogP contribution in [0.5, 0.6) is 5.75 Å². The van der Waals surface area contributed by atoms with Crippen molar-refractivity contribution in [3.8, 4) is 5.75 Å².